The molecule has 0 unspecified atom stereocenters. The summed E-state index contributed by atoms with van der Waals surface area (Å²) in [6, 6.07) is 7.58. The van der Waals surface area contributed by atoms with E-state index in [0.29, 0.717) is 5.69 Å². The first kappa shape index (κ1) is 12.2. The van der Waals surface area contributed by atoms with Crippen LogP contribution >= 0.6 is 11.5 Å². The van der Waals surface area contributed by atoms with Gasteiger partial charge in [0.1, 0.15) is 5.69 Å². The van der Waals surface area contributed by atoms with Gasteiger partial charge in [0, 0.05) is 17.1 Å². The number of hydrogen-bond donors (Lipinski definition) is 0. The van der Waals surface area contributed by atoms with Crippen LogP contribution in [0.3, 0.4) is 0 Å². The summed E-state index contributed by atoms with van der Waals surface area (Å²) in [6.07, 6.45) is 0. The number of hydrogen-bond acceptors (Lipinski definition) is 5. The van der Waals surface area contributed by atoms with Crippen LogP contribution in [0.25, 0.3) is 11.3 Å². The number of aromatic nitrogens is 2. The first-order valence-corrected chi connectivity index (χ1v) is 7.59. The van der Waals surface area contributed by atoms with Crippen molar-refractivity contribution >= 4 is 21.4 Å². The maximum Gasteiger partial charge on any atom is 0.191 e. The molecule has 0 saturated carbocycles. The third kappa shape index (κ3) is 2.37. The number of aryl methyl sites for hydroxylation is 1. The lowest BCUT2D eigenvalue weighted by atomic mass is 10.1. The van der Waals surface area contributed by atoms with E-state index < -0.39 is 9.84 Å². The highest BCUT2D eigenvalue weighted by Gasteiger charge is 2.21. The van der Waals surface area contributed by atoms with Crippen LogP contribution in [0, 0.1) is 6.92 Å². The largest absolute Gasteiger partial charge is 0.223 e. The van der Waals surface area contributed by atoms with Crippen molar-refractivity contribution in [2.75, 3.05) is 5.75 Å². The van der Waals surface area contributed by atoms with Crippen LogP contribution in [0.1, 0.15) is 12.5 Å². The molecule has 0 fully saturated rings. The fourth-order valence-corrected chi connectivity index (χ4v) is 3.47. The molecule has 90 valence electrons. The van der Waals surface area contributed by atoms with Crippen LogP contribution in [0.15, 0.2) is 28.5 Å². The van der Waals surface area contributed by atoms with Gasteiger partial charge in [-0.05, 0) is 6.92 Å². The molecule has 0 radical (unpaired) electrons. The molecule has 1 aromatic heterocycles. The average molecular weight is 268 g/mol. The summed E-state index contributed by atoms with van der Waals surface area (Å²) in [5.41, 5.74) is 2.37. The van der Waals surface area contributed by atoms with Crippen molar-refractivity contribution < 1.29 is 8.42 Å². The summed E-state index contributed by atoms with van der Waals surface area (Å²) >= 11 is 0.931. The summed E-state index contributed by atoms with van der Waals surface area (Å²) in [6.45, 7) is 3.60. The van der Waals surface area contributed by atoms with Gasteiger partial charge in [-0.2, -0.15) is 0 Å². The molecule has 1 heterocycles. The molecule has 0 aliphatic carbocycles. The minimum absolute atomic E-state index is 0.0652. The fraction of sp³-hybridized carbons (Fsp3) is 0.273. The molecule has 0 bridgehead atoms. The molecule has 0 aliphatic heterocycles. The first-order valence-electron chi connectivity index (χ1n) is 5.16. The van der Waals surface area contributed by atoms with E-state index in [9.17, 15) is 8.42 Å². The van der Waals surface area contributed by atoms with Crippen molar-refractivity contribution in [3.05, 3.63) is 29.8 Å². The highest BCUT2D eigenvalue weighted by Crippen LogP contribution is 2.28. The monoisotopic (exact) mass is 268 g/mol. The molecule has 0 atom stereocenters. The van der Waals surface area contributed by atoms with Crippen LogP contribution in [0.4, 0.5) is 0 Å². The van der Waals surface area contributed by atoms with Crippen LogP contribution in [0.5, 0.6) is 0 Å². The van der Waals surface area contributed by atoms with Gasteiger partial charge in [0.15, 0.2) is 14.0 Å². The van der Waals surface area contributed by atoms with Crippen molar-refractivity contribution in [3.8, 4) is 11.3 Å². The van der Waals surface area contributed by atoms with Gasteiger partial charge in [0.05, 0.1) is 5.75 Å². The molecule has 0 aliphatic rings. The molecule has 4 nitrogen and oxygen atoms in total. The predicted molar refractivity (Wildman–Crippen MR) is 67.8 cm³/mol. The summed E-state index contributed by atoms with van der Waals surface area (Å²) in [4.78, 5) is 0. The Labute approximate surface area is 104 Å². The summed E-state index contributed by atoms with van der Waals surface area (Å²) in [5.74, 6) is 0.0652. The van der Waals surface area contributed by atoms with Crippen LogP contribution < -0.4 is 0 Å². The lowest BCUT2D eigenvalue weighted by Crippen LogP contribution is -2.03. The van der Waals surface area contributed by atoms with Gasteiger partial charge in [-0.1, -0.05) is 41.2 Å². The van der Waals surface area contributed by atoms with Crippen molar-refractivity contribution in [1.29, 1.82) is 0 Å². The molecule has 6 heteroatoms. The number of nitrogens with zero attached hydrogens (tertiary/aromatic N) is 2. The van der Waals surface area contributed by atoms with Crippen molar-refractivity contribution in [2.45, 2.75) is 18.1 Å². The third-order valence-corrected chi connectivity index (χ3v) is 5.47. The minimum atomic E-state index is -3.25. The van der Waals surface area contributed by atoms with E-state index in [4.69, 9.17) is 0 Å². The maximum absolute atomic E-state index is 11.9. The predicted octanol–water partition coefficient (Wildman–Crippen LogP) is 2.31. The van der Waals surface area contributed by atoms with E-state index in [2.05, 4.69) is 9.59 Å². The number of rotatable bonds is 3. The molecule has 1 aromatic carbocycles. The van der Waals surface area contributed by atoms with Crippen molar-refractivity contribution in [3.63, 3.8) is 0 Å². The first-order chi connectivity index (χ1) is 8.04. The fourth-order valence-electron chi connectivity index (χ4n) is 1.40. The second-order valence-corrected chi connectivity index (χ2v) is 6.91. The topological polar surface area (TPSA) is 59.9 Å². The smallest absolute Gasteiger partial charge is 0.191 e. The van der Waals surface area contributed by atoms with Gasteiger partial charge < -0.3 is 0 Å². The molecule has 0 saturated heterocycles. The summed E-state index contributed by atoms with van der Waals surface area (Å²) < 4.78 is 27.7. The van der Waals surface area contributed by atoms with Crippen molar-refractivity contribution in [1.82, 2.24) is 9.59 Å². The maximum atomic E-state index is 11.9. The molecule has 0 N–H and O–H groups in total. The normalized spacial score (nSPS) is 11.6. The summed E-state index contributed by atoms with van der Waals surface area (Å²) in [5, 5.41) is 3.92. The SMILES string of the molecule is CCS(=O)(=O)c1snnc1-c1ccc(C)cc1. The van der Waals surface area contributed by atoms with Crippen molar-refractivity contribution in [2.24, 2.45) is 0 Å². The quantitative estimate of drug-likeness (QED) is 0.857. The lowest BCUT2D eigenvalue weighted by Gasteiger charge is -2.01. The Morgan fingerprint density at radius 3 is 2.47 bits per heavy atom. The van der Waals surface area contributed by atoms with E-state index in [0.717, 1.165) is 22.7 Å². The summed E-state index contributed by atoms with van der Waals surface area (Å²) in [7, 11) is -3.25. The van der Waals surface area contributed by atoms with Gasteiger partial charge >= 0.3 is 0 Å². The van der Waals surface area contributed by atoms with Crippen LogP contribution in [-0.4, -0.2) is 23.8 Å². The van der Waals surface area contributed by atoms with Gasteiger partial charge in [0.2, 0.25) is 0 Å². The van der Waals surface area contributed by atoms with E-state index in [1.54, 1.807) is 6.92 Å². The molecule has 17 heavy (non-hydrogen) atoms. The van der Waals surface area contributed by atoms with E-state index in [-0.39, 0.29) is 9.96 Å². The zero-order valence-electron chi connectivity index (χ0n) is 9.54. The van der Waals surface area contributed by atoms with E-state index >= 15 is 0 Å². The minimum Gasteiger partial charge on any atom is -0.223 e. The lowest BCUT2D eigenvalue weighted by molar-refractivity contribution is 0.599. The third-order valence-electron chi connectivity index (χ3n) is 2.45. The Morgan fingerprint density at radius 1 is 1.24 bits per heavy atom. The number of benzene rings is 1. The van der Waals surface area contributed by atoms with Crippen LogP contribution in [0.2, 0.25) is 0 Å². The molecule has 0 spiro atoms. The Bertz CT molecular complexity index is 615. The molecule has 0 amide bonds. The van der Waals surface area contributed by atoms with E-state index in [1.165, 1.54) is 0 Å². The highest BCUT2D eigenvalue weighted by molar-refractivity contribution is 7.93. The Morgan fingerprint density at radius 2 is 1.88 bits per heavy atom. The molecule has 2 rings (SSSR count). The molecular weight excluding hydrogens is 256 g/mol. The second kappa shape index (κ2) is 4.54. The van der Waals surface area contributed by atoms with Gasteiger partial charge in [0.25, 0.3) is 0 Å². The van der Waals surface area contributed by atoms with Crippen LogP contribution in [-0.2, 0) is 9.84 Å². The van der Waals surface area contributed by atoms with Gasteiger partial charge in [-0.3, -0.25) is 0 Å². The zero-order chi connectivity index (χ0) is 12.5. The average Bonchev–Trinajstić information content (AvgIpc) is 2.80. The Kier molecular flexibility index (Phi) is 3.26. The zero-order valence-corrected chi connectivity index (χ0v) is 11.2. The molecular formula is C11H12N2O2S2. The Balaban J connectivity index is 2.55. The highest BCUT2D eigenvalue weighted by atomic mass is 32.2. The standard InChI is InChI=1S/C11H12N2O2S2/c1-3-17(14,15)11-10(12-13-16-11)9-6-4-8(2)5-7-9/h4-7H,3H2,1-2H3. The van der Waals surface area contributed by atoms with E-state index in [1.807, 2.05) is 31.2 Å². The Hall–Kier alpha value is -1.27. The van der Waals surface area contributed by atoms with Gasteiger partial charge in [-0.25, -0.2) is 8.42 Å². The number of sulfone groups is 1. The van der Waals surface area contributed by atoms with Gasteiger partial charge in [-0.15, -0.1) is 5.10 Å². The second-order valence-electron chi connectivity index (χ2n) is 3.68. The molecule has 2 aromatic rings.